The number of benzene rings is 1. The molecule has 1 amide bonds. The summed E-state index contributed by atoms with van der Waals surface area (Å²) in [7, 11) is 0. The molecule has 0 saturated carbocycles. The molecular formula is C14H21BrN2OS. The normalized spacial score (nSPS) is 13.9. The molecule has 0 fully saturated rings. The van der Waals surface area contributed by atoms with E-state index in [1.165, 1.54) is 0 Å². The molecule has 0 bridgehead atoms. The Morgan fingerprint density at radius 1 is 1.42 bits per heavy atom. The van der Waals surface area contributed by atoms with Gasteiger partial charge in [0.2, 0.25) is 5.91 Å². The molecule has 1 rings (SSSR count). The van der Waals surface area contributed by atoms with Gasteiger partial charge in [-0.2, -0.15) is 11.8 Å². The van der Waals surface area contributed by atoms with Crippen LogP contribution >= 0.6 is 27.7 Å². The summed E-state index contributed by atoms with van der Waals surface area (Å²) >= 11 is 5.11. The van der Waals surface area contributed by atoms with Crippen LogP contribution in [-0.4, -0.2) is 24.0 Å². The molecule has 1 unspecified atom stereocenters. The summed E-state index contributed by atoms with van der Waals surface area (Å²) < 4.78 is 1.04. The molecule has 0 radical (unpaired) electrons. The van der Waals surface area contributed by atoms with Crippen molar-refractivity contribution >= 4 is 33.6 Å². The fourth-order valence-corrected chi connectivity index (χ4v) is 2.52. The van der Waals surface area contributed by atoms with Crippen LogP contribution in [0.3, 0.4) is 0 Å². The van der Waals surface area contributed by atoms with Crippen LogP contribution in [0.2, 0.25) is 0 Å². The summed E-state index contributed by atoms with van der Waals surface area (Å²) in [5.74, 6) is 0.841. The van der Waals surface area contributed by atoms with Crippen LogP contribution in [0, 0.1) is 0 Å². The summed E-state index contributed by atoms with van der Waals surface area (Å²) in [6.07, 6.45) is 3.58. The van der Waals surface area contributed by atoms with E-state index >= 15 is 0 Å². The highest BCUT2D eigenvalue weighted by Gasteiger charge is 2.17. The maximum atomic E-state index is 12.0. The lowest BCUT2D eigenvalue weighted by atomic mass is 10.0. The Kier molecular flexibility index (Phi) is 7.49. The first-order chi connectivity index (χ1) is 9.08. The van der Waals surface area contributed by atoms with Crippen molar-refractivity contribution in [2.45, 2.75) is 31.8 Å². The van der Waals surface area contributed by atoms with Crippen LogP contribution in [0.1, 0.15) is 31.4 Å². The maximum Gasteiger partial charge on any atom is 0.237 e. The smallest absolute Gasteiger partial charge is 0.237 e. The molecule has 3 nitrogen and oxygen atoms in total. The molecule has 1 aromatic rings. The minimum absolute atomic E-state index is 0.0286. The molecular weight excluding hydrogens is 324 g/mol. The number of nitrogens with one attached hydrogen (secondary N) is 1. The first-order valence-corrected chi connectivity index (χ1v) is 8.57. The topological polar surface area (TPSA) is 55.1 Å². The second kappa shape index (κ2) is 8.61. The quantitative estimate of drug-likeness (QED) is 0.798. The van der Waals surface area contributed by atoms with E-state index in [9.17, 15) is 4.79 Å². The van der Waals surface area contributed by atoms with E-state index in [4.69, 9.17) is 5.73 Å². The number of nitrogens with two attached hydrogens (primary N) is 1. The average molecular weight is 345 g/mol. The van der Waals surface area contributed by atoms with Crippen LogP contribution in [0.4, 0.5) is 0 Å². The van der Waals surface area contributed by atoms with Gasteiger partial charge in [-0.3, -0.25) is 4.79 Å². The zero-order valence-electron chi connectivity index (χ0n) is 11.4. The van der Waals surface area contributed by atoms with Crippen LogP contribution in [0.5, 0.6) is 0 Å². The molecule has 106 valence electrons. The zero-order valence-corrected chi connectivity index (χ0v) is 13.8. The third-order valence-corrected chi connectivity index (χ3v) is 4.14. The van der Waals surface area contributed by atoms with Crippen molar-refractivity contribution in [3.63, 3.8) is 0 Å². The summed E-state index contributed by atoms with van der Waals surface area (Å²) in [6.45, 7) is 2.06. The number of carbonyl (C=O) groups excluding carboxylic acids is 1. The summed E-state index contributed by atoms with van der Waals surface area (Å²) in [5, 5.41) is 3.02. The molecule has 0 saturated heterocycles. The third kappa shape index (κ3) is 5.55. The molecule has 0 heterocycles. The van der Waals surface area contributed by atoms with Crippen LogP contribution < -0.4 is 11.1 Å². The van der Waals surface area contributed by atoms with Crippen molar-refractivity contribution in [3.05, 3.63) is 34.3 Å². The van der Waals surface area contributed by atoms with Crippen LogP contribution in [-0.2, 0) is 4.79 Å². The van der Waals surface area contributed by atoms with Gasteiger partial charge in [-0.15, -0.1) is 0 Å². The molecule has 3 N–H and O–H groups in total. The van der Waals surface area contributed by atoms with Gasteiger partial charge in [0.1, 0.15) is 0 Å². The number of amides is 1. The van der Waals surface area contributed by atoms with E-state index in [1.807, 2.05) is 30.5 Å². The monoisotopic (exact) mass is 344 g/mol. The molecule has 5 heteroatoms. The van der Waals surface area contributed by atoms with E-state index < -0.39 is 6.04 Å². The molecule has 0 aliphatic carbocycles. The lowest BCUT2D eigenvalue weighted by molar-refractivity contribution is -0.123. The highest BCUT2D eigenvalue weighted by molar-refractivity contribution is 9.10. The van der Waals surface area contributed by atoms with Crippen LogP contribution in [0.15, 0.2) is 28.7 Å². The Morgan fingerprint density at radius 3 is 2.58 bits per heavy atom. The third-order valence-electron chi connectivity index (χ3n) is 2.97. The van der Waals surface area contributed by atoms with E-state index in [0.717, 1.165) is 22.2 Å². The van der Waals surface area contributed by atoms with Gasteiger partial charge in [0.05, 0.1) is 12.1 Å². The minimum atomic E-state index is -0.419. The Labute approximate surface area is 127 Å². The Balaban J connectivity index is 2.61. The second-order valence-corrected chi connectivity index (χ2v) is 6.31. The predicted molar refractivity (Wildman–Crippen MR) is 86.3 cm³/mol. The van der Waals surface area contributed by atoms with E-state index in [0.29, 0.717) is 6.42 Å². The van der Waals surface area contributed by atoms with Gasteiger partial charge >= 0.3 is 0 Å². The Hall–Kier alpha value is -0.520. The Bertz CT molecular complexity index is 397. The first-order valence-electron chi connectivity index (χ1n) is 6.38. The summed E-state index contributed by atoms with van der Waals surface area (Å²) in [5.41, 5.74) is 6.98. The molecule has 0 aliphatic heterocycles. The number of carbonyl (C=O) groups is 1. The van der Waals surface area contributed by atoms with Crippen molar-refractivity contribution in [1.29, 1.82) is 0 Å². The van der Waals surface area contributed by atoms with E-state index in [2.05, 4.69) is 28.2 Å². The Morgan fingerprint density at radius 2 is 2.05 bits per heavy atom. The van der Waals surface area contributed by atoms with E-state index in [-0.39, 0.29) is 11.9 Å². The van der Waals surface area contributed by atoms with Crippen molar-refractivity contribution in [1.82, 2.24) is 5.32 Å². The lowest BCUT2D eigenvalue weighted by Gasteiger charge is -2.20. The van der Waals surface area contributed by atoms with Gasteiger partial charge < -0.3 is 11.1 Å². The number of thioether (sulfide) groups is 1. The molecule has 2 atom stereocenters. The fourth-order valence-electron chi connectivity index (χ4n) is 1.77. The average Bonchev–Trinajstić information content (AvgIpc) is 2.42. The minimum Gasteiger partial charge on any atom is -0.348 e. The molecule has 0 aromatic heterocycles. The number of hydrogen-bond acceptors (Lipinski definition) is 3. The van der Waals surface area contributed by atoms with Gasteiger partial charge in [0.15, 0.2) is 0 Å². The van der Waals surface area contributed by atoms with Crippen LogP contribution in [0.25, 0.3) is 0 Å². The number of halogens is 1. The zero-order chi connectivity index (χ0) is 14.3. The standard InChI is InChI=1S/C14H21BrN2OS/c1-3-13(10-4-6-11(15)7-5-10)17-14(18)12(16)8-9-19-2/h4-7,12-13H,3,8-9,16H2,1-2H3,(H,17,18)/t12-,13?/m0/s1. The molecule has 19 heavy (non-hydrogen) atoms. The van der Waals surface area contributed by atoms with Crippen molar-refractivity contribution in [3.8, 4) is 0 Å². The maximum absolute atomic E-state index is 12.0. The van der Waals surface area contributed by atoms with Gasteiger partial charge in [-0.25, -0.2) is 0 Å². The largest absolute Gasteiger partial charge is 0.348 e. The molecule has 1 aromatic carbocycles. The number of hydrogen-bond donors (Lipinski definition) is 2. The fraction of sp³-hybridized carbons (Fsp3) is 0.500. The highest BCUT2D eigenvalue weighted by Crippen LogP contribution is 2.19. The lowest BCUT2D eigenvalue weighted by Crippen LogP contribution is -2.42. The van der Waals surface area contributed by atoms with Gasteiger partial charge in [-0.05, 0) is 42.5 Å². The first kappa shape index (κ1) is 16.5. The van der Waals surface area contributed by atoms with Gasteiger partial charge in [-0.1, -0.05) is 35.0 Å². The predicted octanol–water partition coefficient (Wildman–Crippen LogP) is 3.10. The van der Waals surface area contributed by atoms with Crippen molar-refractivity contribution < 1.29 is 4.79 Å². The van der Waals surface area contributed by atoms with Crippen molar-refractivity contribution in [2.24, 2.45) is 5.73 Å². The van der Waals surface area contributed by atoms with Crippen molar-refractivity contribution in [2.75, 3.05) is 12.0 Å². The SMILES string of the molecule is CCC(NC(=O)[C@@H](N)CCSC)c1ccc(Br)cc1. The molecule has 0 spiro atoms. The second-order valence-electron chi connectivity index (χ2n) is 4.41. The summed E-state index contributed by atoms with van der Waals surface area (Å²) in [6, 6.07) is 7.62. The highest BCUT2D eigenvalue weighted by atomic mass is 79.9. The van der Waals surface area contributed by atoms with E-state index in [1.54, 1.807) is 11.8 Å². The summed E-state index contributed by atoms with van der Waals surface area (Å²) in [4.78, 5) is 12.0. The molecule has 0 aliphatic rings. The van der Waals surface area contributed by atoms with Gasteiger partial charge in [0.25, 0.3) is 0 Å². The van der Waals surface area contributed by atoms with Gasteiger partial charge in [0, 0.05) is 4.47 Å². The number of rotatable bonds is 7.